The molecule has 1 unspecified atom stereocenters. The zero-order valence-corrected chi connectivity index (χ0v) is 9.61. The summed E-state index contributed by atoms with van der Waals surface area (Å²) < 4.78 is 10.1. The fourth-order valence-electron chi connectivity index (χ4n) is 1.25. The normalized spacial score (nSPS) is 11.0. The van der Waals surface area contributed by atoms with Crippen molar-refractivity contribution < 1.29 is 19.4 Å². The lowest BCUT2D eigenvalue weighted by molar-refractivity contribution is -0.141. The van der Waals surface area contributed by atoms with Gasteiger partial charge in [0.15, 0.2) is 0 Å². The summed E-state index contributed by atoms with van der Waals surface area (Å²) in [5.41, 5.74) is -0.682. The van der Waals surface area contributed by atoms with E-state index in [1.54, 1.807) is 18.2 Å². The van der Waals surface area contributed by atoms with E-state index in [2.05, 4.69) is 6.92 Å². The monoisotopic (exact) mass is 223 g/mol. The highest BCUT2D eigenvalue weighted by atomic mass is 16.5. The zero-order valence-electron chi connectivity index (χ0n) is 9.61. The number of hydrogen-bond acceptors (Lipinski definition) is 3. The van der Waals surface area contributed by atoms with Crippen molar-refractivity contribution in [2.45, 2.75) is 12.3 Å². The standard InChI is InChI=1S/C12H15O4/c1-12(2,11(13)14)8-5-9(15-3)7-10(6-8)16-4/h5-7H,1H2,2-4H3,(H,13,14). The fourth-order valence-corrected chi connectivity index (χ4v) is 1.25. The molecule has 16 heavy (non-hydrogen) atoms. The molecule has 4 nitrogen and oxygen atoms in total. The van der Waals surface area contributed by atoms with Crippen molar-refractivity contribution in [3.63, 3.8) is 0 Å². The first-order valence-electron chi connectivity index (χ1n) is 4.74. The van der Waals surface area contributed by atoms with Crippen molar-refractivity contribution in [3.8, 4) is 11.5 Å². The van der Waals surface area contributed by atoms with Crippen LogP contribution in [-0.2, 0) is 10.2 Å². The summed E-state index contributed by atoms with van der Waals surface area (Å²) in [5.74, 6) is 0.0961. The molecule has 1 aromatic carbocycles. The Morgan fingerprint density at radius 3 is 2.00 bits per heavy atom. The van der Waals surface area contributed by atoms with Crippen molar-refractivity contribution in [2.24, 2.45) is 0 Å². The van der Waals surface area contributed by atoms with Crippen LogP contribution in [0, 0.1) is 6.92 Å². The molecular formula is C12H15O4. The minimum atomic E-state index is -1.22. The summed E-state index contributed by atoms with van der Waals surface area (Å²) in [4.78, 5) is 11.1. The Hall–Kier alpha value is -1.71. The zero-order chi connectivity index (χ0) is 12.3. The van der Waals surface area contributed by atoms with Crippen molar-refractivity contribution in [3.05, 3.63) is 30.7 Å². The van der Waals surface area contributed by atoms with Gasteiger partial charge in [0.25, 0.3) is 0 Å². The smallest absolute Gasteiger partial charge is 0.313 e. The maximum atomic E-state index is 11.1. The lowest BCUT2D eigenvalue weighted by atomic mass is 9.84. The molecular weight excluding hydrogens is 208 g/mol. The molecule has 0 spiro atoms. The average molecular weight is 223 g/mol. The Balaban J connectivity index is 3.27. The molecule has 0 aliphatic heterocycles. The van der Waals surface area contributed by atoms with Crippen LogP contribution in [0.4, 0.5) is 0 Å². The molecule has 1 atom stereocenters. The Morgan fingerprint density at radius 2 is 1.69 bits per heavy atom. The van der Waals surface area contributed by atoms with E-state index in [1.165, 1.54) is 21.1 Å². The molecule has 87 valence electrons. The Bertz CT molecular complexity index is 374. The van der Waals surface area contributed by atoms with E-state index < -0.39 is 11.4 Å². The van der Waals surface area contributed by atoms with Crippen LogP contribution in [0.1, 0.15) is 12.5 Å². The number of hydrogen-bond donors (Lipinski definition) is 1. The highest BCUT2D eigenvalue weighted by Crippen LogP contribution is 2.30. The number of carboxylic acids is 1. The molecule has 0 heterocycles. The summed E-state index contributed by atoms with van der Waals surface area (Å²) in [7, 11) is 3.03. The van der Waals surface area contributed by atoms with Crippen molar-refractivity contribution in [1.82, 2.24) is 0 Å². The average Bonchev–Trinajstić information content (AvgIpc) is 2.27. The van der Waals surface area contributed by atoms with E-state index >= 15 is 0 Å². The first-order chi connectivity index (χ1) is 7.41. The van der Waals surface area contributed by atoms with Crippen LogP contribution in [-0.4, -0.2) is 25.3 Å². The lowest BCUT2D eigenvalue weighted by Crippen LogP contribution is -2.28. The summed E-state index contributed by atoms with van der Waals surface area (Å²) in [6.45, 7) is 5.21. The van der Waals surface area contributed by atoms with Crippen LogP contribution < -0.4 is 9.47 Å². The van der Waals surface area contributed by atoms with Gasteiger partial charge in [0, 0.05) is 6.07 Å². The van der Waals surface area contributed by atoms with E-state index in [0.29, 0.717) is 17.1 Å². The third-order valence-electron chi connectivity index (χ3n) is 2.46. The van der Waals surface area contributed by atoms with Crippen LogP contribution in [0.2, 0.25) is 0 Å². The van der Waals surface area contributed by atoms with Crippen LogP contribution in [0.3, 0.4) is 0 Å². The second-order valence-electron chi connectivity index (χ2n) is 3.74. The van der Waals surface area contributed by atoms with Crippen LogP contribution in [0.25, 0.3) is 0 Å². The van der Waals surface area contributed by atoms with Gasteiger partial charge in [0.2, 0.25) is 0 Å². The van der Waals surface area contributed by atoms with Gasteiger partial charge in [-0.15, -0.1) is 0 Å². The summed E-state index contributed by atoms with van der Waals surface area (Å²) in [6, 6.07) is 4.97. The van der Waals surface area contributed by atoms with Crippen molar-refractivity contribution in [1.29, 1.82) is 0 Å². The van der Waals surface area contributed by atoms with Gasteiger partial charge >= 0.3 is 5.97 Å². The second-order valence-corrected chi connectivity index (χ2v) is 3.74. The van der Waals surface area contributed by atoms with Crippen LogP contribution in [0.5, 0.6) is 11.5 Å². The third kappa shape index (κ3) is 2.27. The van der Waals surface area contributed by atoms with Crippen LogP contribution in [0.15, 0.2) is 18.2 Å². The van der Waals surface area contributed by atoms with Gasteiger partial charge in [0.1, 0.15) is 11.5 Å². The Labute approximate surface area is 94.8 Å². The van der Waals surface area contributed by atoms with Gasteiger partial charge in [-0.25, -0.2) is 0 Å². The number of rotatable bonds is 4. The van der Waals surface area contributed by atoms with E-state index in [0.717, 1.165) is 0 Å². The van der Waals surface area contributed by atoms with Gasteiger partial charge in [-0.1, -0.05) is 0 Å². The molecule has 0 fully saturated rings. The molecule has 1 rings (SSSR count). The molecule has 0 aromatic heterocycles. The highest BCUT2D eigenvalue weighted by molar-refractivity contribution is 5.82. The Kier molecular flexibility index (Phi) is 3.42. The Morgan fingerprint density at radius 1 is 1.25 bits per heavy atom. The van der Waals surface area contributed by atoms with E-state index in [1.807, 2.05) is 0 Å². The summed E-state index contributed by atoms with van der Waals surface area (Å²) >= 11 is 0. The van der Waals surface area contributed by atoms with Crippen molar-refractivity contribution >= 4 is 5.97 Å². The number of methoxy groups -OCH3 is 2. The molecule has 0 aliphatic rings. The van der Waals surface area contributed by atoms with Crippen molar-refractivity contribution in [2.75, 3.05) is 14.2 Å². The largest absolute Gasteiger partial charge is 0.497 e. The molecule has 0 saturated heterocycles. The topological polar surface area (TPSA) is 55.8 Å². The van der Waals surface area contributed by atoms with Gasteiger partial charge < -0.3 is 14.6 Å². The number of ether oxygens (including phenoxy) is 2. The number of carboxylic acid groups (broad SMARTS) is 1. The molecule has 1 radical (unpaired) electrons. The maximum absolute atomic E-state index is 11.1. The lowest BCUT2D eigenvalue weighted by Gasteiger charge is -2.20. The molecule has 1 aromatic rings. The van der Waals surface area contributed by atoms with Gasteiger partial charge in [-0.3, -0.25) is 4.79 Å². The van der Waals surface area contributed by atoms with E-state index in [-0.39, 0.29) is 0 Å². The summed E-state index contributed by atoms with van der Waals surface area (Å²) in [6.07, 6.45) is 0. The quantitative estimate of drug-likeness (QED) is 0.846. The number of benzene rings is 1. The van der Waals surface area contributed by atoms with Crippen LogP contribution >= 0.6 is 0 Å². The molecule has 1 N–H and O–H groups in total. The summed E-state index contributed by atoms with van der Waals surface area (Å²) in [5, 5.41) is 9.08. The third-order valence-corrected chi connectivity index (χ3v) is 2.46. The number of aliphatic carboxylic acids is 1. The molecule has 0 bridgehead atoms. The predicted molar refractivity (Wildman–Crippen MR) is 59.9 cm³/mol. The SMILES string of the molecule is [CH2]C(C)(C(=O)O)c1cc(OC)cc(OC)c1. The maximum Gasteiger partial charge on any atom is 0.313 e. The minimum Gasteiger partial charge on any atom is -0.497 e. The first-order valence-corrected chi connectivity index (χ1v) is 4.74. The molecule has 0 aliphatic carbocycles. The molecule has 0 amide bonds. The van der Waals surface area contributed by atoms with E-state index in [9.17, 15) is 4.79 Å². The van der Waals surface area contributed by atoms with Gasteiger partial charge in [-0.2, -0.15) is 0 Å². The molecule has 0 saturated carbocycles. The molecule has 4 heteroatoms. The van der Waals surface area contributed by atoms with Gasteiger partial charge in [0.05, 0.1) is 19.6 Å². The fraction of sp³-hybridized carbons (Fsp3) is 0.333. The minimum absolute atomic E-state index is 0.538. The van der Waals surface area contributed by atoms with E-state index in [4.69, 9.17) is 14.6 Å². The van der Waals surface area contributed by atoms with Gasteiger partial charge in [-0.05, 0) is 31.5 Å². The first kappa shape index (κ1) is 12.4. The number of carbonyl (C=O) groups is 1. The highest BCUT2D eigenvalue weighted by Gasteiger charge is 2.30. The second kappa shape index (κ2) is 4.43. The predicted octanol–water partition coefficient (Wildman–Crippen LogP) is 1.88.